The van der Waals surface area contributed by atoms with Crippen molar-refractivity contribution in [2.24, 2.45) is 0 Å². The SMILES string of the molecule is CCOc1ncnc(NCc2cccc(Br)c2)c1N. The molecular formula is C13H15BrN4O. The van der Waals surface area contributed by atoms with Gasteiger partial charge < -0.3 is 15.8 Å². The lowest BCUT2D eigenvalue weighted by atomic mass is 10.2. The maximum absolute atomic E-state index is 5.94. The van der Waals surface area contributed by atoms with Crippen molar-refractivity contribution in [3.63, 3.8) is 0 Å². The van der Waals surface area contributed by atoms with Gasteiger partial charge in [0, 0.05) is 11.0 Å². The lowest BCUT2D eigenvalue weighted by Crippen LogP contribution is -2.07. The van der Waals surface area contributed by atoms with Gasteiger partial charge in [0.2, 0.25) is 5.88 Å². The zero-order valence-corrected chi connectivity index (χ0v) is 12.1. The summed E-state index contributed by atoms with van der Waals surface area (Å²) in [4.78, 5) is 8.11. The van der Waals surface area contributed by atoms with Gasteiger partial charge in [-0.15, -0.1) is 0 Å². The zero-order valence-electron chi connectivity index (χ0n) is 10.6. The molecule has 6 heteroatoms. The van der Waals surface area contributed by atoms with E-state index in [4.69, 9.17) is 10.5 Å². The molecule has 5 nitrogen and oxygen atoms in total. The van der Waals surface area contributed by atoms with Gasteiger partial charge in [0.25, 0.3) is 0 Å². The zero-order chi connectivity index (χ0) is 13.7. The van der Waals surface area contributed by atoms with Crippen molar-refractivity contribution in [2.75, 3.05) is 17.7 Å². The predicted octanol–water partition coefficient (Wildman–Crippen LogP) is 2.83. The molecular weight excluding hydrogens is 308 g/mol. The van der Waals surface area contributed by atoms with Crippen molar-refractivity contribution in [3.05, 3.63) is 40.6 Å². The van der Waals surface area contributed by atoms with Crippen molar-refractivity contribution in [3.8, 4) is 5.88 Å². The van der Waals surface area contributed by atoms with E-state index in [1.165, 1.54) is 6.33 Å². The second-order valence-electron chi connectivity index (χ2n) is 3.86. The van der Waals surface area contributed by atoms with Gasteiger partial charge in [-0.1, -0.05) is 28.1 Å². The number of ether oxygens (including phenoxy) is 1. The van der Waals surface area contributed by atoms with Gasteiger partial charge in [0.1, 0.15) is 12.0 Å². The summed E-state index contributed by atoms with van der Waals surface area (Å²) in [6.45, 7) is 3.04. The van der Waals surface area contributed by atoms with E-state index >= 15 is 0 Å². The van der Waals surface area contributed by atoms with Gasteiger partial charge in [-0.3, -0.25) is 0 Å². The van der Waals surface area contributed by atoms with E-state index in [9.17, 15) is 0 Å². The molecule has 0 fully saturated rings. The molecule has 0 amide bonds. The summed E-state index contributed by atoms with van der Waals surface area (Å²) in [6.07, 6.45) is 1.44. The molecule has 0 aliphatic rings. The Kier molecular flexibility index (Phi) is 4.57. The van der Waals surface area contributed by atoms with Crippen molar-refractivity contribution < 1.29 is 4.74 Å². The Morgan fingerprint density at radius 3 is 2.95 bits per heavy atom. The smallest absolute Gasteiger partial charge is 0.242 e. The molecule has 1 aromatic heterocycles. The number of halogens is 1. The van der Waals surface area contributed by atoms with Crippen LogP contribution in [0.3, 0.4) is 0 Å². The molecule has 0 unspecified atom stereocenters. The first-order chi connectivity index (χ1) is 9.20. The molecule has 0 aliphatic heterocycles. The predicted molar refractivity (Wildman–Crippen MR) is 79.1 cm³/mol. The molecule has 1 heterocycles. The van der Waals surface area contributed by atoms with Crippen molar-refractivity contribution in [1.82, 2.24) is 9.97 Å². The lowest BCUT2D eigenvalue weighted by molar-refractivity contribution is 0.328. The largest absolute Gasteiger partial charge is 0.476 e. The average molecular weight is 323 g/mol. The van der Waals surface area contributed by atoms with E-state index in [0.29, 0.717) is 30.5 Å². The van der Waals surface area contributed by atoms with Gasteiger partial charge in [0.05, 0.1) is 6.61 Å². The quantitative estimate of drug-likeness (QED) is 0.885. The number of hydrogen-bond donors (Lipinski definition) is 2. The molecule has 0 spiro atoms. The van der Waals surface area contributed by atoms with Crippen LogP contribution < -0.4 is 15.8 Å². The number of hydrogen-bond acceptors (Lipinski definition) is 5. The fourth-order valence-electron chi connectivity index (χ4n) is 1.60. The molecule has 19 heavy (non-hydrogen) atoms. The molecule has 0 aliphatic carbocycles. The van der Waals surface area contributed by atoms with E-state index in [1.807, 2.05) is 31.2 Å². The fourth-order valence-corrected chi connectivity index (χ4v) is 2.05. The number of nitrogens with one attached hydrogen (secondary N) is 1. The van der Waals surface area contributed by atoms with Crippen LogP contribution in [0.25, 0.3) is 0 Å². The molecule has 0 saturated heterocycles. The van der Waals surface area contributed by atoms with Crippen LogP contribution >= 0.6 is 15.9 Å². The minimum Gasteiger partial charge on any atom is -0.476 e. The van der Waals surface area contributed by atoms with Crippen LogP contribution in [-0.4, -0.2) is 16.6 Å². The minimum atomic E-state index is 0.411. The van der Waals surface area contributed by atoms with Crippen LogP contribution in [0.1, 0.15) is 12.5 Å². The molecule has 0 atom stereocenters. The number of nitrogen functional groups attached to an aromatic ring is 1. The first kappa shape index (κ1) is 13.6. The van der Waals surface area contributed by atoms with Gasteiger partial charge in [-0.05, 0) is 24.6 Å². The first-order valence-corrected chi connectivity index (χ1v) is 6.71. The standard InChI is InChI=1S/C13H15BrN4O/c1-2-19-13-11(15)12(17-8-18-13)16-7-9-4-3-5-10(14)6-9/h3-6,8H,2,7,15H2,1H3,(H,16,17,18). The van der Waals surface area contributed by atoms with Crippen LogP contribution in [-0.2, 0) is 6.54 Å². The summed E-state index contributed by atoms with van der Waals surface area (Å²) in [5.74, 6) is 0.993. The third kappa shape index (κ3) is 3.57. The van der Waals surface area contributed by atoms with Gasteiger partial charge in [-0.2, -0.15) is 4.98 Å². The molecule has 2 aromatic rings. The second kappa shape index (κ2) is 6.38. The summed E-state index contributed by atoms with van der Waals surface area (Å²) in [5.41, 5.74) is 7.50. The highest BCUT2D eigenvalue weighted by Gasteiger charge is 2.08. The third-order valence-corrected chi connectivity index (χ3v) is 2.97. The second-order valence-corrected chi connectivity index (χ2v) is 4.77. The summed E-state index contributed by atoms with van der Waals surface area (Å²) in [7, 11) is 0. The monoisotopic (exact) mass is 322 g/mol. The number of aromatic nitrogens is 2. The van der Waals surface area contributed by atoms with E-state index in [-0.39, 0.29) is 0 Å². The van der Waals surface area contributed by atoms with Crippen LogP contribution in [0.5, 0.6) is 5.88 Å². The molecule has 0 bridgehead atoms. The van der Waals surface area contributed by atoms with Crippen LogP contribution in [0.2, 0.25) is 0 Å². The van der Waals surface area contributed by atoms with Gasteiger partial charge in [-0.25, -0.2) is 4.98 Å². The highest BCUT2D eigenvalue weighted by atomic mass is 79.9. The third-order valence-electron chi connectivity index (χ3n) is 2.48. The normalized spacial score (nSPS) is 10.2. The summed E-state index contributed by atoms with van der Waals surface area (Å²) >= 11 is 3.44. The minimum absolute atomic E-state index is 0.411. The molecule has 0 saturated carbocycles. The highest BCUT2D eigenvalue weighted by Crippen LogP contribution is 2.25. The van der Waals surface area contributed by atoms with Crippen molar-refractivity contribution >= 4 is 27.4 Å². The fraction of sp³-hybridized carbons (Fsp3) is 0.231. The summed E-state index contributed by atoms with van der Waals surface area (Å²) in [5, 5.41) is 3.18. The summed E-state index contributed by atoms with van der Waals surface area (Å²) in [6, 6.07) is 8.03. The number of benzene rings is 1. The van der Waals surface area contributed by atoms with E-state index in [0.717, 1.165) is 10.0 Å². The maximum atomic E-state index is 5.94. The first-order valence-electron chi connectivity index (χ1n) is 5.92. The van der Waals surface area contributed by atoms with Crippen molar-refractivity contribution in [1.29, 1.82) is 0 Å². The van der Waals surface area contributed by atoms with Crippen LogP contribution in [0.15, 0.2) is 35.1 Å². The topological polar surface area (TPSA) is 73.1 Å². The number of nitrogens with two attached hydrogens (primary N) is 1. The van der Waals surface area contributed by atoms with E-state index < -0.39 is 0 Å². The Labute approximate surface area is 120 Å². The Morgan fingerprint density at radius 2 is 2.21 bits per heavy atom. The Bertz CT molecular complexity index is 562. The van der Waals surface area contributed by atoms with E-state index in [2.05, 4.69) is 31.2 Å². The Morgan fingerprint density at radius 1 is 1.37 bits per heavy atom. The van der Waals surface area contributed by atoms with Crippen molar-refractivity contribution in [2.45, 2.75) is 13.5 Å². The molecule has 100 valence electrons. The van der Waals surface area contributed by atoms with Gasteiger partial charge >= 0.3 is 0 Å². The number of anilines is 2. The van der Waals surface area contributed by atoms with Gasteiger partial charge in [0.15, 0.2) is 5.82 Å². The molecule has 3 N–H and O–H groups in total. The van der Waals surface area contributed by atoms with Crippen LogP contribution in [0, 0.1) is 0 Å². The average Bonchev–Trinajstić information content (AvgIpc) is 2.40. The van der Waals surface area contributed by atoms with E-state index in [1.54, 1.807) is 0 Å². The Balaban J connectivity index is 2.09. The molecule has 0 radical (unpaired) electrons. The molecule has 1 aromatic carbocycles. The summed E-state index contributed by atoms with van der Waals surface area (Å²) < 4.78 is 6.36. The number of nitrogens with zero attached hydrogens (tertiary/aromatic N) is 2. The maximum Gasteiger partial charge on any atom is 0.242 e. The van der Waals surface area contributed by atoms with Crippen LogP contribution in [0.4, 0.5) is 11.5 Å². The molecule has 2 rings (SSSR count). The Hall–Kier alpha value is -1.82. The number of rotatable bonds is 5. The highest BCUT2D eigenvalue weighted by molar-refractivity contribution is 9.10. The lowest BCUT2D eigenvalue weighted by Gasteiger charge is -2.11.